The maximum Gasteiger partial charge on any atom is 0.237 e. The number of hydrogen-bond donors (Lipinski definition) is 2. The van der Waals surface area contributed by atoms with Crippen LogP contribution in [0.2, 0.25) is 0 Å². The summed E-state index contributed by atoms with van der Waals surface area (Å²) in [7, 11) is 0. The lowest BCUT2D eigenvalue weighted by atomic mass is 9.99. The van der Waals surface area contributed by atoms with Crippen LogP contribution in [0.25, 0.3) is 0 Å². The van der Waals surface area contributed by atoms with Gasteiger partial charge in [-0.3, -0.25) is 4.79 Å². The second-order valence-electron chi connectivity index (χ2n) is 4.53. The molecule has 1 aromatic rings. The number of carbonyl (C=O) groups is 1. The number of carbonyl (C=O) groups excluding carboxylic acids is 1. The van der Waals surface area contributed by atoms with Gasteiger partial charge in [0.1, 0.15) is 0 Å². The molecule has 0 bridgehead atoms. The average Bonchev–Trinajstić information content (AvgIpc) is 2.44. The first-order valence-corrected chi connectivity index (χ1v) is 6.70. The van der Waals surface area contributed by atoms with Crippen molar-refractivity contribution >= 4 is 5.91 Å². The Balaban J connectivity index is 2.59. The number of aromatic nitrogens is 1. The topological polar surface area (TPSA) is 77.2 Å². The van der Waals surface area contributed by atoms with Gasteiger partial charge in [-0.15, -0.1) is 0 Å². The predicted octanol–water partition coefficient (Wildman–Crippen LogP) is 1.47. The molecule has 5 nitrogen and oxygen atoms in total. The van der Waals surface area contributed by atoms with Gasteiger partial charge in [-0.05, 0) is 18.9 Å². The number of nitrogens with zero attached hydrogens (tertiary/aromatic N) is 1. The van der Waals surface area contributed by atoms with E-state index in [0.717, 1.165) is 12.0 Å². The summed E-state index contributed by atoms with van der Waals surface area (Å²) in [5.41, 5.74) is 6.73. The molecule has 0 aromatic carbocycles. The van der Waals surface area contributed by atoms with Crippen LogP contribution in [0.4, 0.5) is 0 Å². The number of nitrogens with one attached hydrogen (secondary N) is 1. The molecule has 1 aromatic heterocycles. The summed E-state index contributed by atoms with van der Waals surface area (Å²) < 4.78 is 5.40. The van der Waals surface area contributed by atoms with Gasteiger partial charge in [-0.2, -0.15) is 0 Å². The fourth-order valence-corrected chi connectivity index (χ4v) is 1.64. The Morgan fingerprint density at radius 2 is 2.26 bits per heavy atom. The Morgan fingerprint density at radius 3 is 2.89 bits per heavy atom. The first kappa shape index (κ1) is 15.4. The van der Waals surface area contributed by atoms with Crippen LogP contribution in [0.5, 0.6) is 5.88 Å². The lowest BCUT2D eigenvalue weighted by Crippen LogP contribution is -2.44. The number of nitrogens with two attached hydrogens (primary N) is 1. The Hall–Kier alpha value is -1.62. The highest BCUT2D eigenvalue weighted by Gasteiger charge is 2.19. The summed E-state index contributed by atoms with van der Waals surface area (Å²) in [5, 5.41) is 2.83. The van der Waals surface area contributed by atoms with Crippen LogP contribution in [0.15, 0.2) is 18.3 Å². The van der Waals surface area contributed by atoms with E-state index in [2.05, 4.69) is 10.3 Å². The molecule has 2 unspecified atom stereocenters. The van der Waals surface area contributed by atoms with Crippen molar-refractivity contribution in [2.45, 2.75) is 39.8 Å². The molecule has 0 saturated heterocycles. The van der Waals surface area contributed by atoms with Gasteiger partial charge in [0, 0.05) is 18.3 Å². The third-order valence-electron chi connectivity index (χ3n) is 3.14. The van der Waals surface area contributed by atoms with Crippen molar-refractivity contribution in [2.24, 2.45) is 11.7 Å². The van der Waals surface area contributed by atoms with Crippen molar-refractivity contribution in [3.8, 4) is 5.88 Å². The van der Waals surface area contributed by atoms with Gasteiger partial charge < -0.3 is 15.8 Å². The number of rotatable bonds is 7. The van der Waals surface area contributed by atoms with Crippen molar-refractivity contribution in [3.63, 3.8) is 0 Å². The van der Waals surface area contributed by atoms with E-state index >= 15 is 0 Å². The molecule has 5 heteroatoms. The molecule has 0 fully saturated rings. The summed E-state index contributed by atoms with van der Waals surface area (Å²) in [5.74, 6) is 0.586. The minimum absolute atomic E-state index is 0.138. The van der Waals surface area contributed by atoms with E-state index in [4.69, 9.17) is 10.5 Å². The summed E-state index contributed by atoms with van der Waals surface area (Å²) in [4.78, 5) is 16.0. The number of pyridine rings is 1. The van der Waals surface area contributed by atoms with Crippen molar-refractivity contribution in [3.05, 3.63) is 23.9 Å². The molecule has 1 heterocycles. The highest BCUT2D eigenvalue weighted by Crippen LogP contribution is 2.14. The highest BCUT2D eigenvalue weighted by molar-refractivity contribution is 5.81. The summed E-state index contributed by atoms with van der Waals surface area (Å²) in [6.45, 7) is 6.82. The smallest absolute Gasteiger partial charge is 0.237 e. The summed E-state index contributed by atoms with van der Waals surface area (Å²) in [6, 6.07) is 3.23. The molecule has 2 atom stereocenters. The van der Waals surface area contributed by atoms with E-state index in [1.54, 1.807) is 6.20 Å². The van der Waals surface area contributed by atoms with Crippen LogP contribution in [-0.4, -0.2) is 23.5 Å². The SMILES string of the molecule is CCOc1ncccc1CNC(=O)C(N)C(C)CC. The van der Waals surface area contributed by atoms with E-state index in [0.29, 0.717) is 19.0 Å². The highest BCUT2D eigenvalue weighted by atomic mass is 16.5. The van der Waals surface area contributed by atoms with Gasteiger partial charge in [0.25, 0.3) is 0 Å². The molecule has 1 amide bonds. The monoisotopic (exact) mass is 265 g/mol. The fraction of sp³-hybridized carbons (Fsp3) is 0.571. The molecule has 19 heavy (non-hydrogen) atoms. The minimum atomic E-state index is -0.475. The maximum absolute atomic E-state index is 11.9. The molecule has 3 N–H and O–H groups in total. The standard InChI is InChI=1S/C14H23N3O2/c1-4-10(3)12(15)13(18)17-9-11-7-6-8-16-14(11)19-5-2/h6-8,10,12H,4-5,9,15H2,1-3H3,(H,17,18). The molecule has 0 aliphatic carbocycles. The largest absolute Gasteiger partial charge is 0.478 e. The molecular weight excluding hydrogens is 242 g/mol. The minimum Gasteiger partial charge on any atom is -0.478 e. The fourth-order valence-electron chi connectivity index (χ4n) is 1.64. The van der Waals surface area contributed by atoms with E-state index < -0.39 is 6.04 Å². The second-order valence-corrected chi connectivity index (χ2v) is 4.53. The van der Waals surface area contributed by atoms with Crippen molar-refractivity contribution in [1.29, 1.82) is 0 Å². The van der Waals surface area contributed by atoms with E-state index in [-0.39, 0.29) is 11.8 Å². The third kappa shape index (κ3) is 4.52. The second kappa shape index (κ2) is 7.74. The van der Waals surface area contributed by atoms with Gasteiger partial charge in [0.05, 0.1) is 12.6 Å². The molecular formula is C14H23N3O2. The number of amides is 1. The van der Waals surface area contributed by atoms with Crippen LogP contribution in [0, 0.1) is 5.92 Å². The van der Waals surface area contributed by atoms with Gasteiger partial charge in [0.15, 0.2) is 0 Å². The normalized spacial score (nSPS) is 13.7. The quantitative estimate of drug-likeness (QED) is 0.782. The van der Waals surface area contributed by atoms with E-state index in [9.17, 15) is 4.79 Å². The summed E-state index contributed by atoms with van der Waals surface area (Å²) in [6.07, 6.45) is 2.55. The van der Waals surface area contributed by atoms with Crippen LogP contribution in [-0.2, 0) is 11.3 Å². The summed E-state index contributed by atoms with van der Waals surface area (Å²) >= 11 is 0. The van der Waals surface area contributed by atoms with E-state index in [1.165, 1.54) is 0 Å². The molecule has 0 saturated carbocycles. The maximum atomic E-state index is 11.9. The Bertz CT molecular complexity index is 409. The van der Waals surface area contributed by atoms with Gasteiger partial charge in [-0.25, -0.2) is 4.98 Å². The van der Waals surface area contributed by atoms with Gasteiger partial charge in [0.2, 0.25) is 11.8 Å². The molecule has 1 rings (SSSR count). The lowest BCUT2D eigenvalue weighted by Gasteiger charge is -2.18. The molecule has 0 radical (unpaired) electrons. The number of ether oxygens (including phenoxy) is 1. The van der Waals surface area contributed by atoms with Crippen molar-refractivity contribution < 1.29 is 9.53 Å². The Morgan fingerprint density at radius 1 is 1.53 bits per heavy atom. The third-order valence-corrected chi connectivity index (χ3v) is 3.14. The van der Waals surface area contributed by atoms with Gasteiger partial charge >= 0.3 is 0 Å². The zero-order valence-corrected chi connectivity index (χ0v) is 11.8. The first-order valence-electron chi connectivity index (χ1n) is 6.70. The molecule has 0 aliphatic rings. The predicted molar refractivity (Wildman–Crippen MR) is 74.7 cm³/mol. The zero-order valence-electron chi connectivity index (χ0n) is 11.8. The average molecular weight is 265 g/mol. The van der Waals surface area contributed by atoms with Crippen LogP contribution in [0.1, 0.15) is 32.8 Å². The van der Waals surface area contributed by atoms with Crippen LogP contribution in [0.3, 0.4) is 0 Å². The Labute approximate surface area is 114 Å². The van der Waals surface area contributed by atoms with E-state index in [1.807, 2.05) is 32.9 Å². The van der Waals surface area contributed by atoms with Crippen LogP contribution < -0.4 is 15.8 Å². The molecule has 106 valence electrons. The first-order chi connectivity index (χ1) is 9.10. The van der Waals surface area contributed by atoms with Crippen molar-refractivity contribution in [1.82, 2.24) is 10.3 Å². The lowest BCUT2D eigenvalue weighted by molar-refractivity contribution is -0.123. The number of hydrogen-bond acceptors (Lipinski definition) is 4. The van der Waals surface area contributed by atoms with Crippen LogP contribution >= 0.6 is 0 Å². The van der Waals surface area contributed by atoms with Gasteiger partial charge in [-0.1, -0.05) is 26.3 Å². The zero-order chi connectivity index (χ0) is 14.3. The molecule has 0 aliphatic heterocycles. The molecule has 0 spiro atoms. The Kier molecular flexibility index (Phi) is 6.29. The van der Waals surface area contributed by atoms with Crippen molar-refractivity contribution in [2.75, 3.05) is 6.61 Å².